The van der Waals surface area contributed by atoms with Crippen molar-refractivity contribution in [3.05, 3.63) is 37.2 Å². The van der Waals surface area contributed by atoms with Crippen LogP contribution in [0.2, 0.25) is 4.34 Å². The molecule has 3 nitrogen and oxygen atoms in total. The van der Waals surface area contributed by atoms with Gasteiger partial charge in [0.15, 0.2) is 0 Å². The van der Waals surface area contributed by atoms with E-state index < -0.39 is 0 Å². The molecule has 2 aromatic heterocycles. The quantitative estimate of drug-likeness (QED) is 0.799. The first kappa shape index (κ1) is 16.0. The second kappa shape index (κ2) is 7.07. The van der Waals surface area contributed by atoms with Crippen LogP contribution in [0.5, 0.6) is 0 Å². The van der Waals surface area contributed by atoms with Gasteiger partial charge in [0.2, 0.25) is 0 Å². The van der Waals surface area contributed by atoms with Gasteiger partial charge in [-0.3, -0.25) is 4.68 Å². The van der Waals surface area contributed by atoms with Gasteiger partial charge in [0.25, 0.3) is 0 Å². The third kappa shape index (κ3) is 3.45. The van der Waals surface area contributed by atoms with Crippen molar-refractivity contribution in [1.29, 1.82) is 0 Å². The molecule has 2 rings (SSSR count). The molecule has 1 unspecified atom stereocenters. The van der Waals surface area contributed by atoms with Gasteiger partial charge in [-0.25, -0.2) is 0 Å². The molecule has 1 atom stereocenters. The zero-order chi connectivity index (χ0) is 14.7. The van der Waals surface area contributed by atoms with Gasteiger partial charge in [0, 0.05) is 23.9 Å². The zero-order valence-corrected chi connectivity index (χ0v) is 15.1. The third-order valence-electron chi connectivity index (χ3n) is 3.24. The summed E-state index contributed by atoms with van der Waals surface area (Å²) in [6, 6.07) is 4.34. The van der Waals surface area contributed by atoms with Crippen LogP contribution in [0.4, 0.5) is 0 Å². The Morgan fingerprint density at radius 1 is 1.45 bits per heavy atom. The fourth-order valence-electron chi connectivity index (χ4n) is 2.29. The summed E-state index contributed by atoms with van der Waals surface area (Å²) in [6.07, 6.45) is 0.903. The predicted molar refractivity (Wildman–Crippen MR) is 89.8 cm³/mol. The maximum Gasteiger partial charge on any atom is 0.0931 e. The number of aromatic nitrogens is 2. The van der Waals surface area contributed by atoms with Crippen LogP contribution in [-0.2, 0) is 13.0 Å². The summed E-state index contributed by atoms with van der Waals surface area (Å²) in [5, 5.41) is 8.10. The van der Waals surface area contributed by atoms with Gasteiger partial charge >= 0.3 is 0 Å². The first-order valence-electron chi connectivity index (χ1n) is 6.77. The van der Waals surface area contributed by atoms with Crippen molar-refractivity contribution < 1.29 is 0 Å². The van der Waals surface area contributed by atoms with Gasteiger partial charge in [-0.1, -0.05) is 18.5 Å². The summed E-state index contributed by atoms with van der Waals surface area (Å²) in [5.74, 6) is 0. The number of nitrogens with one attached hydrogen (secondary N) is 1. The lowest BCUT2D eigenvalue weighted by Gasteiger charge is -2.17. The lowest BCUT2D eigenvalue weighted by Crippen LogP contribution is -2.23. The maximum atomic E-state index is 6.07. The van der Waals surface area contributed by atoms with Gasteiger partial charge in [-0.15, -0.1) is 11.3 Å². The largest absolute Gasteiger partial charge is 0.309 e. The minimum Gasteiger partial charge on any atom is -0.309 e. The number of aryl methyl sites for hydroxylation is 2. The highest BCUT2D eigenvalue weighted by atomic mass is 79.9. The summed E-state index contributed by atoms with van der Waals surface area (Å²) in [4.78, 5) is 1.27. The van der Waals surface area contributed by atoms with Crippen LogP contribution >= 0.6 is 38.9 Å². The van der Waals surface area contributed by atoms with Crippen LogP contribution in [0.25, 0.3) is 0 Å². The predicted octanol–water partition coefficient (Wildman–Crippen LogP) is 4.58. The molecule has 0 spiro atoms. The van der Waals surface area contributed by atoms with Crippen molar-refractivity contribution in [1.82, 2.24) is 15.1 Å². The van der Waals surface area contributed by atoms with Gasteiger partial charge in [0.05, 0.1) is 20.2 Å². The number of likely N-dealkylation sites (N-methyl/N-ethyl adjacent to an activating group) is 1. The molecule has 1 N–H and O–H groups in total. The van der Waals surface area contributed by atoms with Crippen molar-refractivity contribution in [3.63, 3.8) is 0 Å². The fourth-order valence-corrected chi connectivity index (χ4v) is 3.88. The van der Waals surface area contributed by atoms with E-state index in [1.807, 2.05) is 13.0 Å². The van der Waals surface area contributed by atoms with Crippen molar-refractivity contribution in [2.75, 3.05) is 6.54 Å². The first-order valence-corrected chi connectivity index (χ1v) is 8.75. The maximum absolute atomic E-state index is 6.07. The zero-order valence-electron chi connectivity index (χ0n) is 11.9. The lowest BCUT2D eigenvalue weighted by atomic mass is 10.1. The van der Waals surface area contributed by atoms with Crippen LogP contribution in [-0.4, -0.2) is 16.3 Å². The molecule has 0 aliphatic rings. The molecule has 2 heterocycles. The Morgan fingerprint density at radius 2 is 2.20 bits per heavy atom. The minimum absolute atomic E-state index is 0.273. The van der Waals surface area contributed by atoms with Crippen LogP contribution in [0.1, 0.15) is 36.2 Å². The molecular formula is C14H19BrClN3S. The Balaban J connectivity index is 2.28. The molecule has 6 heteroatoms. The summed E-state index contributed by atoms with van der Waals surface area (Å²) in [5.41, 5.74) is 2.28. The Kier molecular flexibility index (Phi) is 5.66. The summed E-state index contributed by atoms with van der Waals surface area (Å²) < 4.78 is 4.02. The van der Waals surface area contributed by atoms with E-state index in [1.54, 1.807) is 11.3 Å². The summed E-state index contributed by atoms with van der Waals surface area (Å²) >= 11 is 11.4. The second-order valence-corrected chi connectivity index (χ2v) is 7.16. The Bertz CT molecular complexity index is 579. The molecule has 2 aromatic rings. The number of thiophene rings is 1. The monoisotopic (exact) mass is 375 g/mol. The fraction of sp³-hybridized carbons (Fsp3) is 0.500. The summed E-state index contributed by atoms with van der Waals surface area (Å²) in [6.45, 7) is 8.08. The molecule has 0 aliphatic carbocycles. The van der Waals surface area contributed by atoms with Crippen molar-refractivity contribution in [2.45, 2.75) is 39.8 Å². The highest BCUT2D eigenvalue weighted by Crippen LogP contribution is 2.31. The second-order valence-electron chi connectivity index (χ2n) is 4.62. The normalized spacial score (nSPS) is 12.8. The van der Waals surface area contributed by atoms with Crippen LogP contribution in [0.3, 0.4) is 0 Å². The molecule has 0 bridgehead atoms. The smallest absolute Gasteiger partial charge is 0.0931 e. The van der Waals surface area contributed by atoms with E-state index in [0.29, 0.717) is 0 Å². The van der Waals surface area contributed by atoms with Gasteiger partial charge in [0.1, 0.15) is 0 Å². The van der Waals surface area contributed by atoms with Gasteiger partial charge < -0.3 is 5.32 Å². The number of rotatable bonds is 6. The molecular weight excluding hydrogens is 358 g/mol. The molecule has 110 valence electrons. The SMILES string of the molecule is CCNC(Cc1c(Br)c(C)nn1CC)c1ccc(Cl)s1. The van der Waals surface area contributed by atoms with Crippen molar-refractivity contribution in [2.24, 2.45) is 0 Å². The van der Waals surface area contributed by atoms with E-state index >= 15 is 0 Å². The molecule has 0 fully saturated rings. The van der Waals surface area contributed by atoms with E-state index in [-0.39, 0.29) is 6.04 Å². The molecule has 0 aliphatic heterocycles. The topological polar surface area (TPSA) is 29.9 Å². The summed E-state index contributed by atoms with van der Waals surface area (Å²) in [7, 11) is 0. The molecule has 0 saturated carbocycles. The van der Waals surface area contributed by atoms with Crippen LogP contribution < -0.4 is 5.32 Å². The number of nitrogens with zero attached hydrogens (tertiary/aromatic N) is 2. The van der Waals surface area contributed by atoms with E-state index in [1.165, 1.54) is 10.6 Å². The molecule has 20 heavy (non-hydrogen) atoms. The van der Waals surface area contributed by atoms with E-state index in [2.05, 4.69) is 50.9 Å². The Labute approximate surface area is 137 Å². The average Bonchev–Trinajstić information content (AvgIpc) is 2.96. The van der Waals surface area contributed by atoms with Gasteiger partial charge in [-0.05, 0) is 48.5 Å². The van der Waals surface area contributed by atoms with Crippen LogP contribution in [0.15, 0.2) is 16.6 Å². The Morgan fingerprint density at radius 3 is 2.75 bits per heavy atom. The molecule has 0 aromatic carbocycles. The molecule has 0 radical (unpaired) electrons. The standard InChI is InChI=1S/C14H19BrClN3S/c1-4-17-10(12-6-7-13(16)20-12)8-11-14(15)9(3)18-19(11)5-2/h6-7,10,17H,4-5,8H2,1-3H3. The van der Waals surface area contributed by atoms with Crippen LogP contribution in [0, 0.1) is 6.92 Å². The minimum atomic E-state index is 0.273. The van der Waals surface area contributed by atoms with Crippen molar-refractivity contribution >= 4 is 38.9 Å². The number of hydrogen-bond acceptors (Lipinski definition) is 3. The average molecular weight is 377 g/mol. The Hall–Kier alpha value is -0.360. The lowest BCUT2D eigenvalue weighted by molar-refractivity contribution is 0.521. The molecule has 0 saturated heterocycles. The van der Waals surface area contributed by atoms with E-state index in [4.69, 9.17) is 11.6 Å². The molecule has 0 amide bonds. The van der Waals surface area contributed by atoms with Gasteiger partial charge in [-0.2, -0.15) is 5.10 Å². The highest BCUT2D eigenvalue weighted by molar-refractivity contribution is 9.10. The van der Waals surface area contributed by atoms with Crippen molar-refractivity contribution in [3.8, 4) is 0 Å². The van der Waals surface area contributed by atoms with E-state index in [0.717, 1.165) is 34.0 Å². The highest BCUT2D eigenvalue weighted by Gasteiger charge is 2.19. The first-order chi connectivity index (χ1) is 9.56. The van der Waals surface area contributed by atoms with E-state index in [9.17, 15) is 0 Å². The third-order valence-corrected chi connectivity index (χ3v) is 5.61. The number of halogens is 2. The number of hydrogen-bond donors (Lipinski definition) is 1.